The van der Waals surface area contributed by atoms with E-state index in [4.69, 9.17) is 0 Å². The van der Waals surface area contributed by atoms with Crippen molar-refractivity contribution in [1.82, 2.24) is 14.8 Å². The van der Waals surface area contributed by atoms with Crippen LogP contribution in [0.5, 0.6) is 0 Å². The minimum absolute atomic E-state index is 0.147. The lowest BCUT2D eigenvalue weighted by atomic mass is 10.2. The molecule has 0 radical (unpaired) electrons. The number of hydrogen-bond acceptors (Lipinski definition) is 5. The number of hydrogen-bond donors (Lipinski definition) is 2. The van der Waals surface area contributed by atoms with E-state index in [0.29, 0.717) is 29.0 Å². The molecule has 0 atom stereocenters. The quantitative estimate of drug-likeness (QED) is 0.723. The summed E-state index contributed by atoms with van der Waals surface area (Å²) in [4.78, 5) is 19.9. The normalized spacial score (nSPS) is 13.4. The summed E-state index contributed by atoms with van der Waals surface area (Å²) in [7, 11) is 1.58. The van der Waals surface area contributed by atoms with E-state index in [2.05, 4.69) is 20.4 Å². The van der Waals surface area contributed by atoms with Crippen LogP contribution in [0.2, 0.25) is 0 Å². The summed E-state index contributed by atoms with van der Waals surface area (Å²) in [6.45, 7) is 0.535. The third-order valence-electron chi connectivity index (χ3n) is 4.13. The molecule has 0 saturated heterocycles. The molecule has 0 spiro atoms. The summed E-state index contributed by atoms with van der Waals surface area (Å²) in [6.07, 6.45) is -3.30. The minimum Gasteiger partial charge on any atom is -0.339 e. The lowest BCUT2D eigenvalue weighted by Gasteiger charge is -2.08. The zero-order valence-corrected chi connectivity index (χ0v) is 14.0. The second-order valence-electron chi connectivity index (χ2n) is 5.96. The van der Waals surface area contributed by atoms with Crippen LogP contribution < -0.4 is 10.6 Å². The van der Waals surface area contributed by atoms with Crippen LogP contribution in [0.3, 0.4) is 0 Å². The summed E-state index contributed by atoms with van der Waals surface area (Å²) in [5.74, 6) is -1.59. The van der Waals surface area contributed by atoms with Gasteiger partial charge in [0.2, 0.25) is 0 Å². The van der Waals surface area contributed by atoms with Gasteiger partial charge in [-0.1, -0.05) is 6.07 Å². The molecular formula is C17H13F3N6O. The van der Waals surface area contributed by atoms with Crippen molar-refractivity contribution in [2.45, 2.75) is 12.7 Å². The first kappa shape index (κ1) is 17.0. The molecule has 2 N–H and O–H groups in total. The number of amides is 1. The van der Waals surface area contributed by atoms with Crippen molar-refractivity contribution >= 4 is 34.2 Å². The molecule has 0 bridgehead atoms. The number of amidine groups is 1. The predicted molar refractivity (Wildman–Crippen MR) is 93.5 cm³/mol. The van der Waals surface area contributed by atoms with Gasteiger partial charge in [-0.3, -0.25) is 19.5 Å². The maximum atomic E-state index is 12.5. The van der Waals surface area contributed by atoms with Crippen molar-refractivity contribution in [3.05, 3.63) is 47.8 Å². The SMILES string of the molecule is Cn1nc(NC(=O)C(F)(F)F)c2ccc(NC3=NCc4cccnc43)cc21. The number of pyridine rings is 1. The van der Waals surface area contributed by atoms with E-state index >= 15 is 0 Å². The number of halogens is 3. The Labute approximate surface area is 150 Å². The van der Waals surface area contributed by atoms with Gasteiger partial charge >= 0.3 is 12.1 Å². The Morgan fingerprint density at radius 3 is 2.85 bits per heavy atom. The number of nitrogens with one attached hydrogen (secondary N) is 2. The van der Waals surface area contributed by atoms with E-state index in [1.54, 1.807) is 36.8 Å². The number of carbonyl (C=O) groups is 1. The third-order valence-corrected chi connectivity index (χ3v) is 4.13. The Hall–Kier alpha value is -3.43. The summed E-state index contributed by atoms with van der Waals surface area (Å²) < 4.78 is 38.8. The number of aliphatic imine (C=N–C) groups is 1. The maximum Gasteiger partial charge on any atom is 0.471 e. The van der Waals surface area contributed by atoms with Gasteiger partial charge in [0, 0.05) is 29.9 Å². The minimum atomic E-state index is -4.98. The molecule has 0 saturated carbocycles. The van der Waals surface area contributed by atoms with Crippen molar-refractivity contribution in [3.8, 4) is 0 Å². The van der Waals surface area contributed by atoms with Gasteiger partial charge in [-0.25, -0.2) is 0 Å². The van der Waals surface area contributed by atoms with Crippen LogP contribution in [0.25, 0.3) is 10.9 Å². The molecule has 138 valence electrons. The molecule has 0 aliphatic carbocycles. The molecule has 1 aliphatic rings. The first-order valence-electron chi connectivity index (χ1n) is 7.93. The highest BCUT2D eigenvalue weighted by Crippen LogP contribution is 2.28. The van der Waals surface area contributed by atoms with E-state index in [1.165, 1.54) is 4.68 Å². The standard InChI is InChI=1S/C17H13F3N6O/c1-26-12-7-10(23-15-13-9(8-22-15)3-2-6-21-13)4-5-11(12)14(25-26)24-16(27)17(18,19)20/h2-7H,8H2,1H3,(H,22,23)(H,24,25,27). The number of aryl methyl sites for hydroxylation is 1. The summed E-state index contributed by atoms with van der Waals surface area (Å²) in [6, 6.07) is 8.77. The lowest BCUT2D eigenvalue weighted by molar-refractivity contribution is -0.167. The molecule has 3 aromatic rings. The fraction of sp³-hybridized carbons (Fsp3) is 0.176. The zero-order valence-electron chi connectivity index (χ0n) is 14.0. The van der Waals surface area contributed by atoms with Gasteiger partial charge in [-0.2, -0.15) is 18.3 Å². The number of nitrogens with zero attached hydrogens (tertiary/aromatic N) is 4. The highest BCUT2D eigenvalue weighted by atomic mass is 19.4. The van der Waals surface area contributed by atoms with Crippen LogP contribution in [0.15, 0.2) is 41.5 Å². The van der Waals surface area contributed by atoms with E-state index in [1.807, 2.05) is 12.1 Å². The number of anilines is 2. The molecule has 1 amide bonds. The van der Waals surface area contributed by atoms with Gasteiger partial charge in [0.15, 0.2) is 11.7 Å². The number of aromatic nitrogens is 3. The van der Waals surface area contributed by atoms with Crippen LogP contribution in [-0.2, 0) is 18.4 Å². The average molecular weight is 374 g/mol. The first-order chi connectivity index (χ1) is 12.8. The van der Waals surface area contributed by atoms with Crippen LogP contribution in [0.4, 0.5) is 24.7 Å². The Kier molecular flexibility index (Phi) is 3.83. The molecule has 1 aliphatic heterocycles. The first-order valence-corrected chi connectivity index (χ1v) is 7.93. The van der Waals surface area contributed by atoms with Gasteiger partial charge < -0.3 is 10.6 Å². The molecular weight excluding hydrogens is 361 g/mol. The molecule has 0 fully saturated rings. The molecule has 2 aromatic heterocycles. The average Bonchev–Trinajstić information content (AvgIpc) is 3.16. The van der Waals surface area contributed by atoms with Gasteiger partial charge in [-0.05, 0) is 24.3 Å². The van der Waals surface area contributed by atoms with Gasteiger partial charge in [-0.15, -0.1) is 0 Å². The predicted octanol–water partition coefficient (Wildman–Crippen LogP) is 2.84. The Morgan fingerprint density at radius 2 is 2.07 bits per heavy atom. The number of carbonyl (C=O) groups excluding carboxylic acids is 1. The number of benzene rings is 1. The van der Waals surface area contributed by atoms with Crippen molar-refractivity contribution in [1.29, 1.82) is 0 Å². The second-order valence-corrected chi connectivity index (χ2v) is 5.96. The summed E-state index contributed by atoms with van der Waals surface area (Å²) in [5.41, 5.74) is 3.01. The van der Waals surface area contributed by atoms with E-state index in [-0.39, 0.29) is 5.82 Å². The van der Waals surface area contributed by atoms with Gasteiger partial charge in [0.1, 0.15) is 5.69 Å². The number of alkyl halides is 3. The van der Waals surface area contributed by atoms with Crippen LogP contribution in [0.1, 0.15) is 11.3 Å². The van der Waals surface area contributed by atoms with E-state index in [9.17, 15) is 18.0 Å². The summed E-state index contributed by atoms with van der Waals surface area (Å²) >= 11 is 0. The topological polar surface area (TPSA) is 84.2 Å². The fourth-order valence-corrected chi connectivity index (χ4v) is 2.86. The molecule has 27 heavy (non-hydrogen) atoms. The van der Waals surface area contributed by atoms with Gasteiger partial charge in [0.25, 0.3) is 0 Å². The Balaban J connectivity index is 1.62. The smallest absolute Gasteiger partial charge is 0.339 e. The van der Waals surface area contributed by atoms with Crippen LogP contribution in [0, 0.1) is 0 Å². The molecule has 7 nitrogen and oxygen atoms in total. The molecule has 3 heterocycles. The highest BCUT2D eigenvalue weighted by molar-refractivity contribution is 6.10. The zero-order chi connectivity index (χ0) is 19.2. The van der Waals surface area contributed by atoms with Crippen molar-refractivity contribution in [2.24, 2.45) is 12.0 Å². The maximum absolute atomic E-state index is 12.5. The monoisotopic (exact) mass is 374 g/mol. The van der Waals surface area contributed by atoms with Crippen molar-refractivity contribution < 1.29 is 18.0 Å². The van der Waals surface area contributed by atoms with E-state index < -0.39 is 12.1 Å². The Morgan fingerprint density at radius 1 is 1.26 bits per heavy atom. The number of fused-ring (bicyclic) bond motifs is 2. The van der Waals surface area contributed by atoms with Crippen molar-refractivity contribution in [3.63, 3.8) is 0 Å². The van der Waals surface area contributed by atoms with Crippen molar-refractivity contribution in [2.75, 3.05) is 10.6 Å². The highest BCUT2D eigenvalue weighted by Gasteiger charge is 2.39. The molecule has 4 rings (SSSR count). The molecule has 1 aromatic carbocycles. The van der Waals surface area contributed by atoms with Gasteiger partial charge in [0.05, 0.1) is 12.1 Å². The fourth-order valence-electron chi connectivity index (χ4n) is 2.86. The second kappa shape index (κ2) is 6.08. The largest absolute Gasteiger partial charge is 0.471 e. The van der Waals surface area contributed by atoms with Crippen LogP contribution in [-0.4, -0.2) is 32.7 Å². The van der Waals surface area contributed by atoms with E-state index in [0.717, 1.165) is 11.3 Å². The Bertz CT molecular complexity index is 1090. The number of rotatable bonds is 2. The molecule has 0 unspecified atom stereocenters. The molecule has 10 heteroatoms. The third kappa shape index (κ3) is 3.09. The summed E-state index contributed by atoms with van der Waals surface area (Å²) in [5, 5.41) is 9.33. The van der Waals surface area contributed by atoms with Crippen LogP contribution >= 0.6 is 0 Å². The lowest BCUT2D eigenvalue weighted by Crippen LogP contribution is -2.30.